The minimum atomic E-state index is -4.26. The molecule has 0 fully saturated rings. The molecule has 0 aliphatic carbocycles. The van der Waals surface area contributed by atoms with Gasteiger partial charge in [-0.15, -0.1) is 0 Å². The van der Waals surface area contributed by atoms with E-state index in [0.29, 0.717) is 26.2 Å². The highest BCUT2D eigenvalue weighted by Crippen LogP contribution is 2.32. The summed E-state index contributed by atoms with van der Waals surface area (Å²) in [6.45, 7) is 4.56. The molecule has 0 bridgehead atoms. The molecule has 0 aromatic heterocycles. The number of amides is 2. The van der Waals surface area contributed by atoms with Crippen molar-refractivity contribution in [2.24, 2.45) is 0 Å². The quantitative estimate of drug-likeness (QED) is 0.169. The first kappa shape index (κ1) is 34.3. The zero-order valence-electron chi connectivity index (χ0n) is 25.1. The second kappa shape index (κ2) is 15.1. The number of halogens is 3. The van der Waals surface area contributed by atoms with Crippen LogP contribution in [0.5, 0.6) is 0 Å². The lowest BCUT2D eigenvalue weighted by Gasteiger charge is -2.35. The summed E-state index contributed by atoms with van der Waals surface area (Å²) in [6.07, 6.45) is 0.162. The average Bonchev–Trinajstić information content (AvgIpc) is 3.01. The van der Waals surface area contributed by atoms with Crippen LogP contribution in [0.25, 0.3) is 0 Å². The van der Waals surface area contributed by atoms with Gasteiger partial charge < -0.3 is 10.2 Å². The van der Waals surface area contributed by atoms with Crippen LogP contribution in [-0.4, -0.2) is 43.8 Å². The maximum atomic E-state index is 14.6. The molecule has 0 radical (unpaired) electrons. The summed E-state index contributed by atoms with van der Waals surface area (Å²) in [6, 6.07) is 25.7. The maximum Gasteiger partial charge on any atom is 0.264 e. The van der Waals surface area contributed by atoms with Crippen molar-refractivity contribution in [1.29, 1.82) is 0 Å². The molecule has 236 valence electrons. The van der Waals surface area contributed by atoms with Gasteiger partial charge in [0.25, 0.3) is 10.0 Å². The van der Waals surface area contributed by atoms with E-state index >= 15 is 0 Å². The van der Waals surface area contributed by atoms with Crippen LogP contribution in [0.1, 0.15) is 30.5 Å². The second-order valence-corrected chi connectivity index (χ2v) is 13.9. The van der Waals surface area contributed by atoms with Crippen LogP contribution in [0.2, 0.25) is 15.1 Å². The molecule has 4 aromatic carbocycles. The number of carbonyl (C=O) groups excluding carboxylic acids is 2. The van der Waals surface area contributed by atoms with Crippen LogP contribution in [0.3, 0.4) is 0 Å². The zero-order chi connectivity index (χ0) is 32.7. The lowest BCUT2D eigenvalue weighted by molar-refractivity contribution is -0.140. The first-order valence-corrected chi connectivity index (χ1v) is 16.9. The monoisotopic (exact) mass is 685 g/mol. The highest BCUT2D eigenvalue weighted by Gasteiger charge is 2.36. The lowest BCUT2D eigenvalue weighted by atomic mass is 10.0. The number of anilines is 1. The number of hydrogen-bond donors (Lipinski definition) is 1. The topological polar surface area (TPSA) is 86.8 Å². The Bertz CT molecular complexity index is 1730. The predicted molar refractivity (Wildman–Crippen MR) is 181 cm³/mol. The lowest BCUT2D eigenvalue weighted by Crippen LogP contribution is -2.54. The fraction of sp³-hybridized carbons (Fsp3) is 0.235. The molecule has 45 heavy (non-hydrogen) atoms. The summed E-state index contributed by atoms with van der Waals surface area (Å²) in [5, 5.41) is 3.88. The molecular weight excluding hydrogens is 653 g/mol. The summed E-state index contributed by atoms with van der Waals surface area (Å²) in [5.41, 5.74) is 1.96. The smallest absolute Gasteiger partial charge is 0.264 e. The number of nitrogens with one attached hydrogen (secondary N) is 1. The minimum Gasteiger partial charge on any atom is -0.352 e. The zero-order valence-corrected chi connectivity index (χ0v) is 28.2. The Morgan fingerprint density at radius 2 is 1.33 bits per heavy atom. The Balaban J connectivity index is 1.86. The summed E-state index contributed by atoms with van der Waals surface area (Å²) in [7, 11) is -4.26. The van der Waals surface area contributed by atoms with E-state index in [0.717, 1.165) is 9.87 Å². The normalized spacial score (nSPS) is 12.1. The first-order valence-electron chi connectivity index (χ1n) is 14.3. The van der Waals surface area contributed by atoms with Crippen LogP contribution in [0.4, 0.5) is 5.69 Å². The van der Waals surface area contributed by atoms with Crippen molar-refractivity contribution in [3.8, 4) is 0 Å². The van der Waals surface area contributed by atoms with Gasteiger partial charge in [-0.05, 0) is 68.3 Å². The Morgan fingerprint density at radius 1 is 0.778 bits per heavy atom. The van der Waals surface area contributed by atoms with Gasteiger partial charge in [0.2, 0.25) is 11.8 Å². The molecule has 0 heterocycles. The van der Waals surface area contributed by atoms with Gasteiger partial charge in [0, 0.05) is 39.6 Å². The van der Waals surface area contributed by atoms with Gasteiger partial charge in [0.15, 0.2) is 0 Å². The first-order chi connectivity index (χ1) is 21.4. The number of hydrogen-bond acceptors (Lipinski definition) is 4. The van der Waals surface area contributed by atoms with E-state index in [1.54, 1.807) is 61.5 Å². The van der Waals surface area contributed by atoms with Crippen molar-refractivity contribution in [2.75, 3.05) is 10.8 Å². The highest BCUT2D eigenvalue weighted by molar-refractivity contribution is 7.92. The van der Waals surface area contributed by atoms with Gasteiger partial charge in [-0.25, -0.2) is 8.42 Å². The third kappa shape index (κ3) is 8.38. The number of sulfonamides is 1. The molecule has 0 unspecified atom stereocenters. The molecule has 4 aromatic rings. The van der Waals surface area contributed by atoms with E-state index in [-0.39, 0.29) is 29.6 Å². The van der Waals surface area contributed by atoms with Crippen molar-refractivity contribution in [3.63, 3.8) is 0 Å². The van der Waals surface area contributed by atoms with Crippen LogP contribution >= 0.6 is 34.8 Å². The van der Waals surface area contributed by atoms with Crippen molar-refractivity contribution in [2.45, 2.75) is 50.7 Å². The third-order valence-corrected chi connectivity index (χ3v) is 10.1. The minimum absolute atomic E-state index is 0.00346. The Morgan fingerprint density at radius 3 is 1.93 bits per heavy atom. The molecule has 0 saturated carbocycles. The van der Waals surface area contributed by atoms with E-state index < -0.39 is 34.4 Å². The number of carbonyl (C=O) groups is 2. The Hall–Kier alpha value is -3.56. The van der Waals surface area contributed by atoms with Crippen molar-refractivity contribution >= 4 is 62.3 Å². The van der Waals surface area contributed by atoms with Gasteiger partial charge in [-0.3, -0.25) is 13.9 Å². The van der Waals surface area contributed by atoms with Crippen LogP contribution in [-0.2, 0) is 32.6 Å². The summed E-state index contributed by atoms with van der Waals surface area (Å²) < 4.78 is 29.3. The Labute approximate surface area is 279 Å². The largest absolute Gasteiger partial charge is 0.352 e. The molecule has 0 aliphatic heterocycles. The molecule has 11 heteroatoms. The second-order valence-electron chi connectivity index (χ2n) is 10.8. The molecule has 4 rings (SSSR count). The molecular formula is C34H34Cl3N3O4S. The van der Waals surface area contributed by atoms with E-state index in [1.165, 1.54) is 17.0 Å². The van der Waals surface area contributed by atoms with E-state index in [9.17, 15) is 18.0 Å². The molecule has 2 amide bonds. The van der Waals surface area contributed by atoms with Crippen molar-refractivity contribution < 1.29 is 18.0 Å². The molecule has 0 aliphatic rings. The Kier molecular flexibility index (Phi) is 11.6. The molecule has 1 atom stereocenters. The van der Waals surface area contributed by atoms with Gasteiger partial charge in [-0.1, -0.05) is 95.5 Å². The summed E-state index contributed by atoms with van der Waals surface area (Å²) >= 11 is 19.5. The third-order valence-electron chi connectivity index (χ3n) is 7.21. The van der Waals surface area contributed by atoms with E-state index in [4.69, 9.17) is 34.8 Å². The number of nitrogens with zero attached hydrogens (tertiary/aromatic N) is 2. The summed E-state index contributed by atoms with van der Waals surface area (Å²) in [5.74, 6) is -1.04. The van der Waals surface area contributed by atoms with Crippen LogP contribution < -0.4 is 9.62 Å². The molecule has 0 spiro atoms. The van der Waals surface area contributed by atoms with Crippen molar-refractivity contribution in [3.05, 3.63) is 129 Å². The van der Waals surface area contributed by atoms with E-state index in [1.807, 2.05) is 44.2 Å². The van der Waals surface area contributed by atoms with Crippen LogP contribution in [0.15, 0.2) is 102 Å². The maximum absolute atomic E-state index is 14.6. The summed E-state index contributed by atoms with van der Waals surface area (Å²) in [4.78, 5) is 29.7. The van der Waals surface area contributed by atoms with Gasteiger partial charge >= 0.3 is 0 Å². The highest BCUT2D eigenvalue weighted by atomic mass is 35.5. The fourth-order valence-corrected chi connectivity index (χ4v) is 7.07. The van der Waals surface area contributed by atoms with Crippen LogP contribution in [0, 0.1) is 6.92 Å². The fourth-order valence-electron chi connectivity index (χ4n) is 4.89. The average molecular weight is 687 g/mol. The molecule has 1 N–H and O–H groups in total. The molecule has 0 saturated heterocycles. The van der Waals surface area contributed by atoms with Gasteiger partial charge in [0.1, 0.15) is 12.6 Å². The van der Waals surface area contributed by atoms with Gasteiger partial charge in [-0.2, -0.15) is 0 Å². The standard InChI is InChI=1S/C34H34Cl3N3O4S/c1-23(2)38-34(42)32(20-25-12-6-4-7-13-25)39(21-27-29(36)17-10-18-30(27)37)33(41)22-40(31-19-11-16-28(35)24(31)3)45(43,44)26-14-8-5-9-15-26/h4-19,23,32H,20-22H2,1-3H3,(H,38,42)/t32-/m0/s1. The number of rotatable bonds is 12. The molecule has 7 nitrogen and oxygen atoms in total. The van der Waals surface area contributed by atoms with E-state index in [2.05, 4.69) is 5.32 Å². The van der Waals surface area contributed by atoms with Gasteiger partial charge in [0.05, 0.1) is 10.6 Å². The van der Waals surface area contributed by atoms with Crippen molar-refractivity contribution in [1.82, 2.24) is 10.2 Å². The number of benzene rings is 4. The SMILES string of the molecule is Cc1c(Cl)cccc1N(CC(=O)N(Cc1c(Cl)cccc1Cl)[C@@H](Cc1ccccc1)C(=O)NC(C)C)S(=O)(=O)c1ccccc1. The predicted octanol–water partition coefficient (Wildman–Crippen LogP) is 7.32.